The maximum atomic E-state index is 12.7. The number of hydrogen-bond donors (Lipinski definition) is 1. The molecule has 0 heterocycles. The van der Waals surface area contributed by atoms with E-state index >= 15 is 0 Å². The van der Waals surface area contributed by atoms with Crippen molar-refractivity contribution in [3.8, 4) is 0 Å². The van der Waals surface area contributed by atoms with Crippen LogP contribution in [0.5, 0.6) is 0 Å². The smallest absolute Gasteiger partial charge is 0.383 e. The van der Waals surface area contributed by atoms with Crippen molar-refractivity contribution in [3.63, 3.8) is 0 Å². The van der Waals surface area contributed by atoms with Gasteiger partial charge in [0.1, 0.15) is 0 Å². The SMILES string of the molecule is COCCNCC=Cc1ccccc1C(F)(F)F. The van der Waals surface area contributed by atoms with Crippen LogP contribution in [0.1, 0.15) is 11.1 Å². The van der Waals surface area contributed by atoms with Gasteiger partial charge in [0.05, 0.1) is 12.2 Å². The summed E-state index contributed by atoms with van der Waals surface area (Å²) in [6, 6.07) is 5.51. The standard InChI is InChI=1S/C13H16F3NO/c1-18-10-9-17-8-4-6-11-5-2-3-7-12(11)13(14,15)16/h2-7,17H,8-10H2,1H3. The number of methoxy groups -OCH3 is 1. The van der Waals surface area contributed by atoms with E-state index < -0.39 is 11.7 Å². The van der Waals surface area contributed by atoms with Crippen LogP contribution in [0, 0.1) is 0 Å². The fraction of sp³-hybridized carbons (Fsp3) is 0.385. The van der Waals surface area contributed by atoms with Crippen molar-refractivity contribution in [2.24, 2.45) is 0 Å². The Bertz CT molecular complexity index is 388. The molecule has 0 aliphatic rings. The Morgan fingerprint density at radius 3 is 2.67 bits per heavy atom. The van der Waals surface area contributed by atoms with Gasteiger partial charge in [-0.15, -0.1) is 0 Å². The zero-order valence-corrected chi connectivity index (χ0v) is 10.1. The second-order valence-electron chi connectivity index (χ2n) is 3.68. The molecule has 0 aliphatic heterocycles. The number of hydrogen-bond acceptors (Lipinski definition) is 2. The van der Waals surface area contributed by atoms with Gasteiger partial charge in [-0.3, -0.25) is 0 Å². The minimum absolute atomic E-state index is 0.179. The minimum Gasteiger partial charge on any atom is -0.383 e. The molecule has 5 heteroatoms. The van der Waals surface area contributed by atoms with E-state index in [9.17, 15) is 13.2 Å². The first kappa shape index (κ1) is 14.7. The lowest BCUT2D eigenvalue weighted by Gasteiger charge is -2.09. The fourth-order valence-corrected chi connectivity index (χ4v) is 1.45. The fourth-order valence-electron chi connectivity index (χ4n) is 1.45. The molecule has 0 radical (unpaired) electrons. The molecule has 0 amide bonds. The molecular formula is C13H16F3NO. The van der Waals surface area contributed by atoms with Gasteiger partial charge < -0.3 is 10.1 Å². The molecule has 1 aromatic rings. The molecule has 0 atom stereocenters. The van der Waals surface area contributed by atoms with Crippen LogP contribution in [0.4, 0.5) is 13.2 Å². The summed E-state index contributed by atoms with van der Waals surface area (Å²) in [4.78, 5) is 0. The van der Waals surface area contributed by atoms with E-state index in [1.54, 1.807) is 19.3 Å². The van der Waals surface area contributed by atoms with Gasteiger partial charge in [0.2, 0.25) is 0 Å². The molecular weight excluding hydrogens is 243 g/mol. The maximum absolute atomic E-state index is 12.7. The number of benzene rings is 1. The summed E-state index contributed by atoms with van der Waals surface area (Å²) in [6.45, 7) is 1.75. The Hall–Kier alpha value is -1.33. The highest BCUT2D eigenvalue weighted by Crippen LogP contribution is 2.32. The monoisotopic (exact) mass is 259 g/mol. The minimum atomic E-state index is -4.32. The second kappa shape index (κ2) is 7.18. The topological polar surface area (TPSA) is 21.3 Å². The molecule has 18 heavy (non-hydrogen) atoms. The summed E-state index contributed by atoms with van der Waals surface area (Å²) in [6.07, 6.45) is -1.17. The highest BCUT2D eigenvalue weighted by molar-refractivity contribution is 5.54. The Balaban J connectivity index is 2.59. The predicted octanol–water partition coefficient (Wildman–Crippen LogP) is 2.95. The predicted molar refractivity (Wildman–Crippen MR) is 65.2 cm³/mol. The lowest BCUT2D eigenvalue weighted by atomic mass is 10.1. The van der Waals surface area contributed by atoms with Crippen molar-refractivity contribution in [2.75, 3.05) is 26.8 Å². The molecule has 1 rings (SSSR count). The van der Waals surface area contributed by atoms with E-state index in [4.69, 9.17) is 4.74 Å². The van der Waals surface area contributed by atoms with E-state index in [0.29, 0.717) is 19.7 Å². The zero-order chi connectivity index (χ0) is 13.4. The third-order valence-electron chi connectivity index (χ3n) is 2.31. The summed E-state index contributed by atoms with van der Waals surface area (Å²) < 4.78 is 42.8. The quantitative estimate of drug-likeness (QED) is 0.793. The molecule has 0 fully saturated rings. The number of ether oxygens (including phenoxy) is 1. The van der Waals surface area contributed by atoms with Crippen LogP contribution in [0.2, 0.25) is 0 Å². The number of alkyl halides is 3. The van der Waals surface area contributed by atoms with Gasteiger partial charge in [-0.05, 0) is 11.6 Å². The van der Waals surface area contributed by atoms with Crippen LogP contribution in [-0.4, -0.2) is 26.8 Å². The number of rotatable bonds is 6. The van der Waals surface area contributed by atoms with E-state index in [1.807, 2.05) is 0 Å². The van der Waals surface area contributed by atoms with Crippen molar-refractivity contribution < 1.29 is 17.9 Å². The second-order valence-corrected chi connectivity index (χ2v) is 3.68. The third-order valence-corrected chi connectivity index (χ3v) is 2.31. The Kier molecular flexibility index (Phi) is 5.88. The zero-order valence-electron chi connectivity index (χ0n) is 10.1. The van der Waals surface area contributed by atoms with Crippen molar-refractivity contribution >= 4 is 6.08 Å². The van der Waals surface area contributed by atoms with Gasteiger partial charge in [-0.25, -0.2) is 0 Å². The summed E-state index contributed by atoms with van der Waals surface area (Å²) in [5.41, 5.74) is -0.434. The molecule has 0 saturated carbocycles. The first-order valence-corrected chi connectivity index (χ1v) is 5.58. The Labute approximate surface area is 104 Å². The van der Waals surface area contributed by atoms with Gasteiger partial charge in [-0.2, -0.15) is 13.2 Å². The molecule has 1 aromatic carbocycles. The van der Waals surface area contributed by atoms with Crippen LogP contribution in [0.15, 0.2) is 30.3 Å². The van der Waals surface area contributed by atoms with E-state index in [0.717, 1.165) is 6.07 Å². The van der Waals surface area contributed by atoms with Gasteiger partial charge in [0.25, 0.3) is 0 Å². The molecule has 0 saturated heterocycles. The van der Waals surface area contributed by atoms with Gasteiger partial charge in [0.15, 0.2) is 0 Å². The Morgan fingerprint density at radius 1 is 1.28 bits per heavy atom. The van der Waals surface area contributed by atoms with Gasteiger partial charge in [0, 0.05) is 20.2 Å². The van der Waals surface area contributed by atoms with E-state index in [-0.39, 0.29) is 5.56 Å². The Morgan fingerprint density at radius 2 is 2.00 bits per heavy atom. The van der Waals surface area contributed by atoms with Crippen molar-refractivity contribution in [2.45, 2.75) is 6.18 Å². The van der Waals surface area contributed by atoms with E-state index in [2.05, 4.69) is 5.32 Å². The van der Waals surface area contributed by atoms with Crippen LogP contribution >= 0.6 is 0 Å². The van der Waals surface area contributed by atoms with Crippen LogP contribution in [-0.2, 0) is 10.9 Å². The molecule has 0 aliphatic carbocycles. The first-order chi connectivity index (χ1) is 8.55. The largest absolute Gasteiger partial charge is 0.416 e. The van der Waals surface area contributed by atoms with Crippen molar-refractivity contribution in [3.05, 3.63) is 41.5 Å². The average molecular weight is 259 g/mol. The maximum Gasteiger partial charge on any atom is 0.416 e. The molecule has 2 nitrogen and oxygen atoms in total. The van der Waals surface area contributed by atoms with E-state index in [1.165, 1.54) is 18.2 Å². The summed E-state index contributed by atoms with van der Waals surface area (Å²) in [5.74, 6) is 0. The van der Waals surface area contributed by atoms with Crippen molar-refractivity contribution in [1.29, 1.82) is 0 Å². The molecule has 0 aromatic heterocycles. The molecule has 0 bridgehead atoms. The molecule has 0 unspecified atom stereocenters. The molecule has 1 N–H and O–H groups in total. The van der Waals surface area contributed by atoms with Crippen LogP contribution in [0.3, 0.4) is 0 Å². The van der Waals surface area contributed by atoms with Crippen LogP contribution in [0.25, 0.3) is 6.08 Å². The summed E-state index contributed by atoms with van der Waals surface area (Å²) >= 11 is 0. The summed E-state index contributed by atoms with van der Waals surface area (Å²) in [5, 5.41) is 3.02. The highest BCUT2D eigenvalue weighted by Gasteiger charge is 2.32. The summed E-state index contributed by atoms with van der Waals surface area (Å²) in [7, 11) is 1.59. The average Bonchev–Trinajstić information content (AvgIpc) is 2.33. The first-order valence-electron chi connectivity index (χ1n) is 5.58. The molecule has 0 spiro atoms. The molecule has 100 valence electrons. The third kappa shape index (κ3) is 4.89. The van der Waals surface area contributed by atoms with Crippen LogP contribution < -0.4 is 5.32 Å². The highest BCUT2D eigenvalue weighted by atomic mass is 19.4. The van der Waals surface area contributed by atoms with Gasteiger partial charge in [-0.1, -0.05) is 30.4 Å². The number of nitrogens with one attached hydrogen (secondary N) is 1. The van der Waals surface area contributed by atoms with Gasteiger partial charge >= 0.3 is 6.18 Å². The van der Waals surface area contributed by atoms with Crippen molar-refractivity contribution in [1.82, 2.24) is 5.32 Å². The normalized spacial score (nSPS) is 12.2. The lowest BCUT2D eigenvalue weighted by molar-refractivity contribution is -0.137. The lowest BCUT2D eigenvalue weighted by Crippen LogP contribution is -2.18. The number of halogens is 3.